The first-order valence-electron chi connectivity index (χ1n) is 10.0. The van der Waals surface area contributed by atoms with E-state index in [0.29, 0.717) is 33.5 Å². The number of benzene rings is 1. The second-order valence-corrected chi connectivity index (χ2v) is 10.7. The summed E-state index contributed by atoms with van der Waals surface area (Å²) < 4.78 is 31.7. The average molecular weight is 510 g/mol. The highest BCUT2D eigenvalue weighted by Crippen LogP contribution is 2.27. The number of nitrogens with one attached hydrogen (secondary N) is 2. The zero-order valence-corrected chi connectivity index (χ0v) is 20.2. The molecule has 0 aliphatic heterocycles. The van der Waals surface area contributed by atoms with Crippen molar-refractivity contribution in [2.24, 2.45) is 5.92 Å². The lowest BCUT2D eigenvalue weighted by atomic mass is 10.2. The van der Waals surface area contributed by atoms with Crippen LogP contribution >= 0.6 is 11.3 Å². The summed E-state index contributed by atoms with van der Waals surface area (Å²) >= 11 is 0.949. The smallest absolute Gasteiger partial charge is 0.325 e. The van der Waals surface area contributed by atoms with Gasteiger partial charge in [0.05, 0.1) is 18.0 Å². The van der Waals surface area contributed by atoms with Crippen molar-refractivity contribution in [1.29, 1.82) is 0 Å². The number of aryl methyl sites for hydroxylation is 1. The zero-order valence-electron chi connectivity index (χ0n) is 18.5. The summed E-state index contributed by atoms with van der Waals surface area (Å²) in [5.74, 6) is -0.959. The lowest BCUT2D eigenvalue weighted by molar-refractivity contribution is -0.138. The van der Waals surface area contributed by atoms with Gasteiger partial charge in [-0.25, -0.2) is 22.9 Å². The third kappa shape index (κ3) is 6.71. The van der Waals surface area contributed by atoms with Crippen LogP contribution in [0.25, 0.3) is 0 Å². The molecule has 0 saturated carbocycles. The number of aromatic nitrogens is 5. The quantitative estimate of drug-likeness (QED) is 0.367. The molecular weight excluding hydrogens is 486 g/mol. The van der Waals surface area contributed by atoms with Gasteiger partial charge >= 0.3 is 12.0 Å². The molecule has 2 aromatic heterocycles. The number of carbonyl (C=O) groups excluding carboxylic acids is 1. The average Bonchev–Trinajstić information content (AvgIpc) is 3.37. The second-order valence-electron chi connectivity index (χ2n) is 7.69. The second kappa shape index (κ2) is 10.6. The van der Waals surface area contributed by atoms with Crippen molar-refractivity contribution in [2.75, 3.05) is 17.2 Å². The van der Waals surface area contributed by atoms with E-state index in [-0.39, 0.29) is 5.13 Å². The molecule has 0 saturated heterocycles. The Morgan fingerprint density at radius 1 is 1.26 bits per heavy atom. The van der Waals surface area contributed by atoms with Crippen LogP contribution in [0.3, 0.4) is 0 Å². The van der Waals surface area contributed by atoms with E-state index in [4.69, 9.17) is 9.84 Å². The van der Waals surface area contributed by atoms with Gasteiger partial charge in [-0.05, 0) is 41.0 Å². The molecule has 34 heavy (non-hydrogen) atoms. The summed E-state index contributed by atoms with van der Waals surface area (Å²) in [5, 5.41) is 23.8. The zero-order chi connectivity index (χ0) is 24.9. The molecule has 1 aromatic carbocycles. The number of sulfone groups is 1. The first-order chi connectivity index (χ1) is 16.0. The van der Waals surface area contributed by atoms with Crippen LogP contribution in [0, 0.1) is 12.8 Å². The summed E-state index contributed by atoms with van der Waals surface area (Å²) in [6, 6.07) is 4.81. The molecule has 0 fully saturated rings. The first kappa shape index (κ1) is 25.0. The molecule has 0 aliphatic rings. The fourth-order valence-corrected chi connectivity index (χ4v) is 5.16. The van der Waals surface area contributed by atoms with Crippen molar-refractivity contribution < 1.29 is 27.9 Å². The Hall–Kier alpha value is -3.59. The molecule has 0 aliphatic carbocycles. The minimum atomic E-state index is -4.04. The van der Waals surface area contributed by atoms with Gasteiger partial charge in [-0.2, -0.15) is 0 Å². The van der Waals surface area contributed by atoms with E-state index >= 15 is 0 Å². The number of anilines is 2. The van der Waals surface area contributed by atoms with Crippen LogP contribution in [0.4, 0.5) is 15.6 Å². The monoisotopic (exact) mass is 509 g/mol. The SMILES string of the molecule is Cc1ccc(NC(=O)Nc2ncc(CS(=O)(=O)c3nnnn3CC(=O)O)s2)c(OCC(C)C)c1. The van der Waals surface area contributed by atoms with Crippen LogP contribution < -0.4 is 15.4 Å². The molecule has 3 N–H and O–H groups in total. The molecule has 15 heteroatoms. The number of carboxylic acids is 1. The predicted molar refractivity (Wildman–Crippen MR) is 123 cm³/mol. The van der Waals surface area contributed by atoms with Crippen molar-refractivity contribution in [2.45, 2.75) is 38.2 Å². The summed E-state index contributed by atoms with van der Waals surface area (Å²) in [5.41, 5.74) is 1.46. The number of rotatable bonds is 10. The van der Waals surface area contributed by atoms with E-state index in [9.17, 15) is 18.0 Å². The maximum absolute atomic E-state index is 12.6. The molecule has 0 atom stereocenters. The minimum Gasteiger partial charge on any atom is -0.491 e. The van der Waals surface area contributed by atoms with Gasteiger partial charge in [0.25, 0.3) is 5.16 Å². The predicted octanol–water partition coefficient (Wildman–Crippen LogP) is 2.18. The van der Waals surface area contributed by atoms with Gasteiger partial charge in [-0.1, -0.05) is 25.0 Å². The Morgan fingerprint density at radius 2 is 2.03 bits per heavy atom. The number of ether oxygens (including phenoxy) is 1. The largest absolute Gasteiger partial charge is 0.491 e. The standard InChI is InChI=1S/C19H23N7O6S2/c1-11(2)9-32-15-6-12(3)4-5-14(15)21-17(29)22-18-20-7-13(33-18)10-34(30,31)19-23-24-25-26(19)8-16(27)28/h4-7,11H,8-10H2,1-3H3,(H,27,28)(H2,20,21,22,29). The number of carboxylic acid groups (broad SMARTS) is 1. The highest BCUT2D eigenvalue weighted by atomic mass is 32.2. The molecule has 13 nitrogen and oxygen atoms in total. The molecule has 0 bridgehead atoms. The Balaban J connectivity index is 1.66. The van der Waals surface area contributed by atoms with Crippen LogP contribution in [-0.4, -0.2) is 57.3 Å². The Morgan fingerprint density at radius 3 is 2.74 bits per heavy atom. The van der Waals surface area contributed by atoms with E-state index in [0.717, 1.165) is 16.9 Å². The summed E-state index contributed by atoms with van der Waals surface area (Å²) in [6.45, 7) is 5.74. The third-order valence-electron chi connectivity index (χ3n) is 4.13. The summed E-state index contributed by atoms with van der Waals surface area (Å²) in [6.07, 6.45) is 1.30. The maximum Gasteiger partial charge on any atom is 0.325 e. The molecule has 2 heterocycles. The van der Waals surface area contributed by atoms with Crippen LogP contribution in [0.1, 0.15) is 24.3 Å². The van der Waals surface area contributed by atoms with Crippen LogP contribution in [0.2, 0.25) is 0 Å². The van der Waals surface area contributed by atoms with Crippen molar-refractivity contribution in [1.82, 2.24) is 25.2 Å². The Bertz CT molecular complexity index is 1290. The number of urea groups is 1. The lowest BCUT2D eigenvalue weighted by Crippen LogP contribution is -2.20. The van der Waals surface area contributed by atoms with Crippen molar-refractivity contribution >= 4 is 44.0 Å². The number of hydrogen-bond acceptors (Lipinski definition) is 10. The van der Waals surface area contributed by atoms with Gasteiger partial charge in [-0.15, -0.1) is 11.3 Å². The molecule has 2 amide bonds. The fraction of sp³-hybridized carbons (Fsp3) is 0.368. The lowest BCUT2D eigenvalue weighted by Gasteiger charge is -2.14. The summed E-state index contributed by atoms with van der Waals surface area (Å²) in [7, 11) is -4.04. The Labute approximate surface area is 199 Å². The van der Waals surface area contributed by atoms with Crippen LogP contribution in [-0.2, 0) is 26.9 Å². The van der Waals surface area contributed by atoms with Gasteiger partial charge in [0.15, 0.2) is 5.13 Å². The van der Waals surface area contributed by atoms with Crippen LogP contribution in [0.5, 0.6) is 5.75 Å². The molecule has 0 spiro atoms. The fourth-order valence-electron chi connectivity index (χ4n) is 2.69. The first-order valence-corrected chi connectivity index (χ1v) is 12.5. The molecule has 182 valence electrons. The normalized spacial score (nSPS) is 11.4. The number of nitrogens with zero attached hydrogens (tertiary/aromatic N) is 5. The van der Waals surface area contributed by atoms with Gasteiger partial charge in [-0.3, -0.25) is 10.1 Å². The van der Waals surface area contributed by atoms with Gasteiger partial charge < -0.3 is 15.2 Å². The van der Waals surface area contributed by atoms with Crippen molar-refractivity contribution in [3.8, 4) is 5.75 Å². The van der Waals surface area contributed by atoms with Crippen LogP contribution in [0.15, 0.2) is 29.6 Å². The van der Waals surface area contributed by atoms with E-state index in [1.807, 2.05) is 32.9 Å². The molecular formula is C19H23N7O6S2. The number of amides is 2. The van der Waals surface area contributed by atoms with E-state index in [1.165, 1.54) is 6.20 Å². The van der Waals surface area contributed by atoms with Crippen molar-refractivity contribution in [3.63, 3.8) is 0 Å². The molecule has 3 aromatic rings. The summed E-state index contributed by atoms with van der Waals surface area (Å²) in [4.78, 5) is 27.7. The number of hydrogen-bond donors (Lipinski definition) is 3. The number of thiazole rings is 1. The molecule has 3 rings (SSSR count). The van der Waals surface area contributed by atoms with Gasteiger partial charge in [0, 0.05) is 11.1 Å². The molecule has 0 radical (unpaired) electrons. The van der Waals surface area contributed by atoms with E-state index in [2.05, 4.69) is 31.1 Å². The highest BCUT2D eigenvalue weighted by Gasteiger charge is 2.25. The van der Waals surface area contributed by atoms with E-state index in [1.54, 1.807) is 6.07 Å². The van der Waals surface area contributed by atoms with Gasteiger partial charge in [0.2, 0.25) is 9.84 Å². The number of tetrazole rings is 1. The minimum absolute atomic E-state index is 0.171. The third-order valence-corrected chi connectivity index (χ3v) is 6.76. The number of aliphatic carboxylic acids is 1. The number of carbonyl (C=O) groups is 2. The van der Waals surface area contributed by atoms with Crippen molar-refractivity contribution in [3.05, 3.63) is 34.8 Å². The molecule has 0 unspecified atom stereocenters. The highest BCUT2D eigenvalue weighted by molar-refractivity contribution is 7.90. The van der Waals surface area contributed by atoms with Gasteiger partial charge in [0.1, 0.15) is 12.3 Å². The maximum atomic E-state index is 12.6. The Kier molecular flexibility index (Phi) is 7.78. The topological polar surface area (TPSA) is 178 Å². The van der Waals surface area contributed by atoms with E-state index < -0.39 is 39.3 Å².